The van der Waals surface area contributed by atoms with Gasteiger partial charge in [0.25, 0.3) is 0 Å². The number of hydrogen-bond acceptors (Lipinski definition) is 9. The van der Waals surface area contributed by atoms with Crippen LogP contribution < -0.4 is 14.8 Å². The number of morpholine rings is 1. The minimum absolute atomic E-state index is 0.0701. The summed E-state index contributed by atoms with van der Waals surface area (Å²) in [6, 6.07) is 2.64. The molecule has 1 fully saturated rings. The van der Waals surface area contributed by atoms with Crippen LogP contribution >= 0.6 is 22.6 Å². The maximum Gasteiger partial charge on any atom is 0.247 e. The fourth-order valence-corrected chi connectivity index (χ4v) is 5.53. The molecule has 4 N–H and O–H groups in total. The van der Waals surface area contributed by atoms with Gasteiger partial charge in [0.2, 0.25) is 11.8 Å². The number of ether oxygens (including phenoxy) is 3. The molecule has 0 saturated carbocycles. The Labute approximate surface area is 248 Å². The average Bonchev–Trinajstić information content (AvgIpc) is 2.94. The zero-order valence-corrected chi connectivity index (χ0v) is 25.4. The van der Waals surface area contributed by atoms with Crippen LogP contribution in [0.2, 0.25) is 0 Å². The molecule has 11 nitrogen and oxygen atoms in total. The van der Waals surface area contributed by atoms with Crippen LogP contribution in [-0.4, -0.2) is 115 Å². The lowest BCUT2D eigenvalue weighted by Crippen LogP contribution is -2.56. The van der Waals surface area contributed by atoms with Crippen LogP contribution in [0.15, 0.2) is 35.4 Å². The quantitative estimate of drug-likeness (QED) is 0.188. The Hall–Kier alpha value is -2.23. The molecular weight excluding hydrogens is 633 g/mol. The van der Waals surface area contributed by atoms with Crippen LogP contribution in [0.3, 0.4) is 0 Å². The normalized spacial score (nSPS) is 21.3. The van der Waals surface area contributed by atoms with Crippen molar-refractivity contribution in [2.24, 2.45) is 0 Å². The van der Waals surface area contributed by atoms with Gasteiger partial charge in [-0.3, -0.25) is 14.5 Å². The Morgan fingerprint density at radius 3 is 2.60 bits per heavy atom. The van der Waals surface area contributed by atoms with Crippen molar-refractivity contribution in [2.75, 3.05) is 59.7 Å². The lowest BCUT2D eigenvalue weighted by Gasteiger charge is -2.41. The van der Waals surface area contributed by atoms with Crippen molar-refractivity contribution in [3.8, 4) is 11.5 Å². The van der Waals surface area contributed by atoms with Crippen LogP contribution in [0.1, 0.15) is 25.8 Å². The number of methoxy groups -OCH3 is 1. The van der Waals surface area contributed by atoms with Crippen molar-refractivity contribution in [1.82, 2.24) is 15.1 Å². The monoisotopic (exact) mass is 673 g/mol. The number of nitrogens with zero attached hydrogens (tertiary/aromatic N) is 2. The number of rotatable bonds is 12. The fourth-order valence-electron chi connectivity index (χ4n) is 4.74. The Bertz CT molecular complexity index is 1090. The highest BCUT2D eigenvalue weighted by Gasteiger charge is 2.40. The third-order valence-electron chi connectivity index (χ3n) is 6.80. The zero-order chi connectivity index (χ0) is 29.2. The topological polar surface area (TPSA) is 141 Å². The maximum atomic E-state index is 13.5. The van der Waals surface area contributed by atoms with E-state index in [1.807, 2.05) is 13.8 Å². The second kappa shape index (κ2) is 15.7. The number of aliphatic hydroxyl groups is 3. The predicted molar refractivity (Wildman–Crippen MR) is 157 cm³/mol. The average molecular weight is 674 g/mol. The first kappa shape index (κ1) is 32.3. The molecule has 0 radical (unpaired) electrons. The number of hydrogen-bond donors (Lipinski definition) is 4. The van der Waals surface area contributed by atoms with Gasteiger partial charge in [0.05, 0.1) is 43.1 Å². The fraction of sp³-hybridized carbons (Fsp3) is 0.571. The first-order valence-corrected chi connectivity index (χ1v) is 14.4. The van der Waals surface area contributed by atoms with Crippen LogP contribution in [0, 0.1) is 3.57 Å². The molecule has 0 bridgehead atoms. The summed E-state index contributed by atoms with van der Waals surface area (Å²) in [7, 11) is 1.48. The summed E-state index contributed by atoms with van der Waals surface area (Å²) in [5.41, 5.74) is 1.80. The maximum absolute atomic E-state index is 13.5. The van der Waals surface area contributed by atoms with E-state index in [-0.39, 0.29) is 32.1 Å². The number of carbonyl (C=O) groups is 2. The smallest absolute Gasteiger partial charge is 0.247 e. The lowest BCUT2D eigenvalue weighted by atomic mass is 9.88. The summed E-state index contributed by atoms with van der Waals surface area (Å²) in [5.74, 6) is 0.0637. The summed E-state index contributed by atoms with van der Waals surface area (Å²) in [4.78, 5) is 30.3. The summed E-state index contributed by atoms with van der Waals surface area (Å²) in [6.45, 7) is 7.01. The molecule has 0 spiro atoms. The van der Waals surface area contributed by atoms with E-state index in [1.54, 1.807) is 23.1 Å². The number of amides is 2. The van der Waals surface area contributed by atoms with Gasteiger partial charge in [-0.1, -0.05) is 5.57 Å². The SMILES string of the molecule is COc1cc(CO)cc(I)c1OC1C=C(C(=O)NCCO)CC(N(CCN2CCOCC2)C(=O)C=C(C)C)C1O. The molecule has 1 aliphatic carbocycles. The molecule has 3 atom stereocenters. The molecular formula is C28H40IN3O8. The first-order valence-electron chi connectivity index (χ1n) is 13.4. The molecule has 0 aromatic heterocycles. The van der Waals surface area contributed by atoms with Gasteiger partial charge >= 0.3 is 0 Å². The van der Waals surface area contributed by atoms with E-state index in [0.717, 1.165) is 18.7 Å². The minimum atomic E-state index is -1.16. The van der Waals surface area contributed by atoms with Crippen molar-refractivity contribution in [2.45, 2.75) is 45.1 Å². The van der Waals surface area contributed by atoms with E-state index < -0.39 is 24.2 Å². The van der Waals surface area contributed by atoms with Crippen molar-refractivity contribution in [3.05, 3.63) is 44.6 Å². The van der Waals surface area contributed by atoms with Gasteiger partial charge in [-0.15, -0.1) is 0 Å². The Kier molecular flexibility index (Phi) is 12.7. The Morgan fingerprint density at radius 1 is 1.25 bits per heavy atom. The van der Waals surface area contributed by atoms with Gasteiger partial charge in [0.15, 0.2) is 11.5 Å². The van der Waals surface area contributed by atoms with Crippen molar-refractivity contribution in [1.29, 1.82) is 0 Å². The largest absolute Gasteiger partial charge is 0.493 e. The van der Waals surface area contributed by atoms with Gasteiger partial charge in [-0.05, 0) is 60.2 Å². The summed E-state index contributed by atoms with van der Waals surface area (Å²) >= 11 is 2.07. The highest BCUT2D eigenvalue weighted by molar-refractivity contribution is 14.1. The third-order valence-corrected chi connectivity index (χ3v) is 7.60. The molecule has 3 rings (SSSR count). The standard InChI is InChI=1S/C28H40IN3O8/c1-18(2)12-25(35)32(6-5-31-7-10-39-11-8-31)22-15-20(28(37)30-4-9-33)16-23(26(22)36)40-27-21(29)13-19(17-34)14-24(27)38-3/h12-14,16,22-23,26,33-34,36H,4-11,15,17H2,1-3H3,(H,30,37). The second-order valence-corrected chi connectivity index (χ2v) is 11.2. The van der Waals surface area contributed by atoms with E-state index in [0.29, 0.717) is 52.5 Å². The van der Waals surface area contributed by atoms with E-state index in [4.69, 9.17) is 14.2 Å². The van der Waals surface area contributed by atoms with Crippen molar-refractivity contribution in [3.63, 3.8) is 0 Å². The summed E-state index contributed by atoms with van der Waals surface area (Å²) in [6.07, 6.45) is 1.06. The molecule has 1 heterocycles. The minimum Gasteiger partial charge on any atom is -0.493 e. The van der Waals surface area contributed by atoms with Gasteiger partial charge in [-0.25, -0.2) is 0 Å². The summed E-state index contributed by atoms with van der Waals surface area (Å²) < 4.78 is 17.9. The van der Waals surface area contributed by atoms with E-state index in [9.17, 15) is 24.9 Å². The number of nitrogens with one attached hydrogen (secondary N) is 1. The number of benzene rings is 1. The first-order chi connectivity index (χ1) is 19.2. The second-order valence-electron chi connectivity index (χ2n) is 9.99. The number of carbonyl (C=O) groups excluding carboxylic acids is 2. The highest BCUT2D eigenvalue weighted by atomic mass is 127. The molecule has 3 unspecified atom stereocenters. The molecule has 1 aliphatic heterocycles. The zero-order valence-electron chi connectivity index (χ0n) is 23.3. The lowest BCUT2D eigenvalue weighted by molar-refractivity contribution is -0.134. The number of allylic oxidation sites excluding steroid dienone is 1. The van der Waals surface area contributed by atoms with Crippen LogP contribution in [0.5, 0.6) is 11.5 Å². The molecule has 1 aromatic carbocycles. The van der Waals surface area contributed by atoms with E-state index in [1.165, 1.54) is 13.2 Å². The van der Waals surface area contributed by atoms with E-state index >= 15 is 0 Å². The molecule has 222 valence electrons. The predicted octanol–water partition coefficient (Wildman–Crippen LogP) is 0.835. The molecule has 1 aromatic rings. The van der Waals surface area contributed by atoms with Crippen LogP contribution in [-0.2, 0) is 20.9 Å². The van der Waals surface area contributed by atoms with Crippen molar-refractivity contribution >= 4 is 34.4 Å². The number of halogens is 1. The van der Waals surface area contributed by atoms with Crippen LogP contribution in [0.4, 0.5) is 0 Å². The molecule has 40 heavy (non-hydrogen) atoms. The van der Waals surface area contributed by atoms with Gasteiger partial charge in [-0.2, -0.15) is 0 Å². The third kappa shape index (κ3) is 8.63. The van der Waals surface area contributed by atoms with E-state index in [2.05, 4.69) is 32.8 Å². The molecule has 2 amide bonds. The van der Waals surface area contributed by atoms with Gasteiger partial charge in [0.1, 0.15) is 12.2 Å². The Morgan fingerprint density at radius 2 is 1.98 bits per heavy atom. The molecule has 12 heteroatoms. The molecule has 2 aliphatic rings. The van der Waals surface area contributed by atoms with Gasteiger partial charge in [0, 0.05) is 50.8 Å². The number of aliphatic hydroxyl groups excluding tert-OH is 3. The summed E-state index contributed by atoms with van der Waals surface area (Å²) in [5, 5.41) is 33.1. The van der Waals surface area contributed by atoms with Crippen LogP contribution in [0.25, 0.3) is 0 Å². The van der Waals surface area contributed by atoms with Crippen molar-refractivity contribution < 1.29 is 39.1 Å². The molecule has 1 saturated heterocycles. The Balaban J connectivity index is 1.97. The van der Waals surface area contributed by atoms with Gasteiger partial charge < -0.3 is 39.7 Å². The highest BCUT2D eigenvalue weighted by Crippen LogP contribution is 2.37.